The van der Waals surface area contributed by atoms with Gasteiger partial charge in [0, 0.05) is 17.8 Å². The number of hydrogen-bond donors (Lipinski definition) is 2. The van der Waals surface area contributed by atoms with Crippen molar-refractivity contribution in [3.05, 3.63) is 57.6 Å². The Morgan fingerprint density at radius 1 is 1.19 bits per heavy atom. The zero-order chi connectivity index (χ0) is 15.6. The van der Waals surface area contributed by atoms with Gasteiger partial charge in [-0.25, -0.2) is 9.78 Å². The molecular formula is C13H7Cl2FN2O3. The fraction of sp³-hybridized carbons (Fsp3) is 0. The summed E-state index contributed by atoms with van der Waals surface area (Å²) >= 11 is 11.7. The van der Waals surface area contributed by atoms with Crippen LogP contribution in [0.2, 0.25) is 10.0 Å². The SMILES string of the molecule is O=C(Nc1c(Cl)ccc(Cl)c1C(=O)O)c1ccnc(F)c1. The fourth-order valence-corrected chi connectivity index (χ4v) is 2.06. The molecule has 0 saturated heterocycles. The number of pyridine rings is 1. The number of carboxylic acid groups (broad SMARTS) is 1. The molecule has 0 bridgehead atoms. The standard InChI is InChI=1S/C13H7Cl2FN2O3/c14-7-1-2-8(15)11(10(7)13(20)21)18-12(19)6-3-4-17-9(16)5-6/h1-5H,(H,18,19)(H,20,21). The van der Waals surface area contributed by atoms with E-state index in [-0.39, 0.29) is 26.9 Å². The number of nitrogens with zero attached hydrogens (tertiary/aromatic N) is 1. The zero-order valence-electron chi connectivity index (χ0n) is 10.2. The summed E-state index contributed by atoms with van der Waals surface area (Å²) in [5.41, 5.74) is -0.527. The van der Waals surface area contributed by atoms with Crippen LogP contribution in [0.4, 0.5) is 10.1 Å². The Morgan fingerprint density at radius 3 is 2.48 bits per heavy atom. The highest BCUT2D eigenvalue weighted by molar-refractivity contribution is 6.38. The maximum atomic E-state index is 13.0. The van der Waals surface area contributed by atoms with Gasteiger partial charge in [-0.05, 0) is 18.2 Å². The molecule has 0 fully saturated rings. The topological polar surface area (TPSA) is 79.3 Å². The number of carbonyl (C=O) groups excluding carboxylic acids is 1. The smallest absolute Gasteiger partial charge is 0.339 e. The maximum Gasteiger partial charge on any atom is 0.339 e. The molecule has 0 aliphatic heterocycles. The summed E-state index contributed by atoms with van der Waals surface area (Å²) in [5, 5.41) is 11.4. The molecule has 5 nitrogen and oxygen atoms in total. The Balaban J connectivity index is 2.42. The molecule has 21 heavy (non-hydrogen) atoms. The number of aromatic carboxylic acids is 1. The minimum atomic E-state index is -1.35. The minimum absolute atomic E-state index is 0.000298. The lowest BCUT2D eigenvalue weighted by Crippen LogP contribution is -2.16. The first-order chi connectivity index (χ1) is 9.90. The maximum absolute atomic E-state index is 13.0. The highest BCUT2D eigenvalue weighted by atomic mass is 35.5. The van der Waals surface area contributed by atoms with Gasteiger partial charge in [-0.3, -0.25) is 4.79 Å². The minimum Gasteiger partial charge on any atom is -0.478 e. The molecule has 0 unspecified atom stereocenters. The van der Waals surface area contributed by atoms with Crippen LogP contribution in [0.1, 0.15) is 20.7 Å². The molecule has 0 saturated carbocycles. The van der Waals surface area contributed by atoms with Crippen molar-refractivity contribution in [2.24, 2.45) is 0 Å². The van der Waals surface area contributed by atoms with Crippen molar-refractivity contribution in [2.75, 3.05) is 5.32 Å². The average molecular weight is 329 g/mol. The molecule has 0 aliphatic rings. The van der Waals surface area contributed by atoms with E-state index in [1.165, 1.54) is 18.2 Å². The van der Waals surface area contributed by atoms with E-state index in [0.717, 1.165) is 12.3 Å². The highest BCUT2D eigenvalue weighted by Gasteiger charge is 2.20. The molecule has 1 aromatic carbocycles. The molecule has 0 radical (unpaired) electrons. The fourth-order valence-electron chi connectivity index (χ4n) is 1.61. The number of rotatable bonds is 3. The van der Waals surface area contributed by atoms with E-state index in [9.17, 15) is 14.0 Å². The molecule has 0 atom stereocenters. The average Bonchev–Trinajstić information content (AvgIpc) is 2.42. The number of carboxylic acids is 1. The lowest BCUT2D eigenvalue weighted by molar-refractivity contribution is 0.0698. The van der Waals surface area contributed by atoms with Crippen molar-refractivity contribution in [3.63, 3.8) is 0 Å². The number of halogens is 3. The van der Waals surface area contributed by atoms with Crippen LogP contribution in [-0.2, 0) is 0 Å². The Labute approximate surface area is 128 Å². The monoisotopic (exact) mass is 328 g/mol. The second-order valence-corrected chi connectivity index (χ2v) is 4.72. The number of hydrogen-bond acceptors (Lipinski definition) is 3. The van der Waals surface area contributed by atoms with Crippen LogP contribution >= 0.6 is 23.2 Å². The summed E-state index contributed by atoms with van der Waals surface area (Å²) in [4.78, 5) is 26.5. The Morgan fingerprint density at radius 2 is 1.86 bits per heavy atom. The third-order valence-electron chi connectivity index (χ3n) is 2.54. The van der Waals surface area contributed by atoms with Gasteiger partial charge in [-0.1, -0.05) is 23.2 Å². The summed E-state index contributed by atoms with van der Waals surface area (Å²) < 4.78 is 13.0. The number of benzene rings is 1. The van der Waals surface area contributed by atoms with Crippen molar-refractivity contribution in [3.8, 4) is 0 Å². The van der Waals surface area contributed by atoms with Gasteiger partial charge < -0.3 is 10.4 Å². The van der Waals surface area contributed by atoms with Gasteiger partial charge in [0.1, 0.15) is 5.56 Å². The van der Waals surface area contributed by atoms with Gasteiger partial charge in [0.15, 0.2) is 0 Å². The molecule has 108 valence electrons. The Hall–Kier alpha value is -2.18. The summed E-state index contributed by atoms with van der Waals surface area (Å²) in [7, 11) is 0. The van der Waals surface area contributed by atoms with Gasteiger partial charge in [-0.2, -0.15) is 4.39 Å². The molecule has 1 aromatic heterocycles. The summed E-state index contributed by atoms with van der Waals surface area (Å²) in [6.45, 7) is 0. The number of aromatic nitrogens is 1. The lowest BCUT2D eigenvalue weighted by atomic mass is 10.1. The van der Waals surface area contributed by atoms with Crippen LogP contribution < -0.4 is 5.32 Å². The molecule has 2 N–H and O–H groups in total. The first kappa shape index (κ1) is 15.2. The number of carbonyl (C=O) groups is 2. The van der Waals surface area contributed by atoms with Crippen LogP contribution in [0.5, 0.6) is 0 Å². The van der Waals surface area contributed by atoms with Crippen molar-refractivity contribution < 1.29 is 19.1 Å². The van der Waals surface area contributed by atoms with E-state index in [4.69, 9.17) is 28.3 Å². The van der Waals surface area contributed by atoms with E-state index < -0.39 is 17.8 Å². The van der Waals surface area contributed by atoms with E-state index >= 15 is 0 Å². The van der Waals surface area contributed by atoms with Crippen molar-refractivity contribution in [1.29, 1.82) is 0 Å². The number of nitrogens with one attached hydrogen (secondary N) is 1. The largest absolute Gasteiger partial charge is 0.478 e. The second kappa shape index (κ2) is 6.07. The highest BCUT2D eigenvalue weighted by Crippen LogP contribution is 2.32. The molecule has 1 heterocycles. The zero-order valence-corrected chi connectivity index (χ0v) is 11.7. The quantitative estimate of drug-likeness (QED) is 0.845. The van der Waals surface area contributed by atoms with Gasteiger partial charge in [0.05, 0.1) is 15.7 Å². The van der Waals surface area contributed by atoms with Crippen LogP contribution in [0.3, 0.4) is 0 Å². The Bertz CT molecular complexity index is 737. The molecule has 0 aliphatic carbocycles. The van der Waals surface area contributed by atoms with Crippen LogP contribution in [0.15, 0.2) is 30.5 Å². The predicted molar refractivity (Wildman–Crippen MR) is 75.6 cm³/mol. The van der Waals surface area contributed by atoms with E-state index in [1.807, 2.05) is 0 Å². The molecule has 1 amide bonds. The van der Waals surface area contributed by atoms with E-state index in [0.29, 0.717) is 0 Å². The number of anilines is 1. The van der Waals surface area contributed by atoms with Crippen LogP contribution in [-0.4, -0.2) is 22.0 Å². The third kappa shape index (κ3) is 3.29. The molecule has 0 spiro atoms. The van der Waals surface area contributed by atoms with Crippen LogP contribution in [0.25, 0.3) is 0 Å². The first-order valence-electron chi connectivity index (χ1n) is 5.54. The van der Waals surface area contributed by atoms with Gasteiger partial charge in [0.25, 0.3) is 5.91 Å². The summed E-state index contributed by atoms with van der Waals surface area (Å²) in [6, 6.07) is 4.83. The van der Waals surface area contributed by atoms with Crippen LogP contribution in [0, 0.1) is 5.95 Å². The second-order valence-electron chi connectivity index (χ2n) is 3.91. The molecule has 8 heteroatoms. The Kier molecular flexibility index (Phi) is 4.40. The third-order valence-corrected chi connectivity index (χ3v) is 3.17. The van der Waals surface area contributed by atoms with E-state index in [2.05, 4.69) is 10.3 Å². The summed E-state index contributed by atoms with van der Waals surface area (Å²) in [5.74, 6) is -2.92. The van der Waals surface area contributed by atoms with Crippen molar-refractivity contribution >= 4 is 40.8 Å². The normalized spacial score (nSPS) is 10.2. The van der Waals surface area contributed by atoms with Gasteiger partial charge in [-0.15, -0.1) is 0 Å². The summed E-state index contributed by atoms with van der Waals surface area (Å²) in [6.07, 6.45) is 1.11. The van der Waals surface area contributed by atoms with Crippen molar-refractivity contribution in [2.45, 2.75) is 0 Å². The van der Waals surface area contributed by atoms with Gasteiger partial charge in [0.2, 0.25) is 5.95 Å². The first-order valence-corrected chi connectivity index (χ1v) is 6.30. The molecule has 2 aromatic rings. The van der Waals surface area contributed by atoms with Crippen molar-refractivity contribution in [1.82, 2.24) is 4.98 Å². The predicted octanol–water partition coefficient (Wildman–Crippen LogP) is 3.48. The molecule has 2 rings (SSSR count). The lowest BCUT2D eigenvalue weighted by Gasteiger charge is -2.11. The van der Waals surface area contributed by atoms with Gasteiger partial charge >= 0.3 is 5.97 Å². The van der Waals surface area contributed by atoms with E-state index in [1.54, 1.807) is 0 Å². The molecular weight excluding hydrogens is 322 g/mol. The number of amides is 1.